The number of ether oxygens (including phenoxy) is 1. The number of hydrogen-bond donors (Lipinski definition) is 0. The van der Waals surface area contributed by atoms with Crippen LogP contribution in [0, 0.1) is 0 Å². The lowest BCUT2D eigenvalue weighted by Crippen LogP contribution is -2.05. The molecule has 0 aliphatic carbocycles. The third kappa shape index (κ3) is 4.27. The van der Waals surface area contributed by atoms with Crippen molar-refractivity contribution in [2.45, 2.75) is 19.4 Å². The first kappa shape index (κ1) is 15.9. The Labute approximate surface area is 145 Å². The van der Waals surface area contributed by atoms with Gasteiger partial charge in [0.05, 0.1) is 5.56 Å². The van der Waals surface area contributed by atoms with Gasteiger partial charge in [0.15, 0.2) is 6.61 Å². The Bertz CT molecular complexity index is 786. The highest BCUT2D eigenvalue weighted by atomic mass is 79.9. The van der Waals surface area contributed by atoms with E-state index in [9.17, 15) is 4.79 Å². The van der Waals surface area contributed by atoms with Gasteiger partial charge in [-0.25, -0.2) is 0 Å². The molecule has 2 heterocycles. The number of hydrogen-bond acceptors (Lipinski definition) is 6. The Balaban J connectivity index is 1.53. The zero-order valence-corrected chi connectivity index (χ0v) is 14.5. The molecule has 0 radical (unpaired) electrons. The van der Waals surface area contributed by atoms with Gasteiger partial charge in [0.1, 0.15) is 0 Å². The van der Waals surface area contributed by atoms with Gasteiger partial charge >= 0.3 is 5.97 Å². The molecule has 0 spiro atoms. The fourth-order valence-corrected chi connectivity index (χ4v) is 3.11. The fourth-order valence-electron chi connectivity index (χ4n) is 1.95. The zero-order valence-electron chi connectivity index (χ0n) is 12.1. The van der Waals surface area contributed by atoms with Crippen molar-refractivity contribution in [1.29, 1.82) is 0 Å². The lowest BCUT2D eigenvalue weighted by molar-refractivity contribution is -0.145. The van der Waals surface area contributed by atoms with Crippen LogP contribution in [0.1, 0.15) is 17.9 Å². The first-order valence-corrected chi connectivity index (χ1v) is 8.70. The van der Waals surface area contributed by atoms with Crippen LogP contribution in [0.3, 0.4) is 0 Å². The number of benzene rings is 1. The molecule has 23 heavy (non-hydrogen) atoms. The molecule has 0 atom stereocenters. The zero-order chi connectivity index (χ0) is 16.1. The van der Waals surface area contributed by atoms with E-state index in [0.29, 0.717) is 18.7 Å². The molecule has 0 bridgehead atoms. The topological polar surface area (TPSA) is 65.2 Å². The van der Waals surface area contributed by atoms with Crippen LogP contribution in [0.5, 0.6) is 0 Å². The first-order valence-electron chi connectivity index (χ1n) is 6.96. The summed E-state index contributed by atoms with van der Waals surface area (Å²) in [7, 11) is 0. The van der Waals surface area contributed by atoms with Gasteiger partial charge in [-0.3, -0.25) is 4.79 Å². The molecule has 7 heteroatoms. The van der Waals surface area contributed by atoms with Crippen LogP contribution in [-0.4, -0.2) is 16.2 Å². The highest BCUT2D eigenvalue weighted by Crippen LogP contribution is 2.26. The van der Waals surface area contributed by atoms with Crippen molar-refractivity contribution in [3.8, 4) is 11.5 Å². The van der Waals surface area contributed by atoms with Crippen LogP contribution >= 0.6 is 27.3 Å². The molecule has 0 saturated carbocycles. The van der Waals surface area contributed by atoms with Crippen molar-refractivity contribution >= 4 is 33.2 Å². The Hall–Kier alpha value is -1.99. The van der Waals surface area contributed by atoms with E-state index in [1.165, 1.54) is 0 Å². The molecular weight excluding hydrogens is 380 g/mol. The van der Waals surface area contributed by atoms with E-state index >= 15 is 0 Å². The van der Waals surface area contributed by atoms with Crippen molar-refractivity contribution in [3.05, 3.63) is 57.0 Å². The molecule has 2 aromatic heterocycles. The Morgan fingerprint density at radius 1 is 1.26 bits per heavy atom. The minimum atomic E-state index is -0.281. The molecule has 0 aliphatic rings. The monoisotopic (exact) mass is 392 g/mol. The Kier molecular flexibility index (Phi) is 5.19. The molecule has 118 valence electrons. The molecule has 0 unspecified atom stereocenters. The van der Waals surface area contributed by atoms with E-state index in [2.05, 4.69) is 26.1 Å². The summed E-state index contributed by atoms with van der Waals surface area (Å²) in [6, 6.07) is 9.55. The Morgan fingerprint density at radius 3 is 2.91 bits per heavy atom. The van der Waals surface area contributed by atoms with Crippen LogP contribution < -0.4 is 0 Å². The number of aromatic nitrogens is 2. The van der Waals surface area contributed by atoms with Crippen molar-refractivity contribution in [2.24, 2.45) is 0 Å². The second kappa shape index (κ2) is 7.52. The van der Waals surface area contributed by atoms with Crippen LogP contribution in [-0.2, 0) is 22.6 Å². The minimum Gasteiger partial charge on any atom is -0.456 e. The van der Waals surface area contributed by atoms with Crippen LogP contribution in [0.2, 0.25) is 0 Å². The highest BCUT2D eigenvalue weighted by molar-refractivity contribution is 9.10. The number of halogens is 1. The second-order valence-corrected chi connectivity index (χ2v) is 6.41. The van der Waals surface area contributed by atoms with Gasteiger partial charge < -0.3 is 9.15 Å². The SMILES string of the molecule is O=C(CCc1ccsc1)OCc1nnc(-c2ccccc2Br)o1. The van der Waals surface area contributed by atoms with Crippen molar-refractivity contribution in [3.63, 3.8) is 0 Å². The van der Waals surface area contributed by atoms with Gasteiger partial charge in [0, 0.05) is 10.9 Å². The number of carbonyl (C=O) groups is 1. The third-order valence-electron chi connectivity index (χ3n) is 3.13. The summed E-state index contributed by atoms with van der Waals surface area (Å²) in [4.78, 5) is 11.7. The molecular formula is C16H13BrN2O3S. The van der Waals surface area contributed by atoms with E-state index in [4.69, 9.17) is 9.15 Å². The van der Waals surface area contributed by atoms with E-state index in [-0.39, 0.29) is 18.5 Å². The second-order valence-electron chi connectivity index (χ2n) is 4.77. The molecule has 1 aromatic carbocycles. The average molecular weight is 393 g/mol. The summed E-state index contributed by atoms with van der Waals surface area (Å²) in [6.07, 6.45) is 1.01. The van der Waals surface area contributed by atoms with Crippen molar-refractivity contribution in [1.82, 2.24) is 10.2 Å². The van der Waals surface area contributed by atoms with Gasteiger partial charge in [-0.15, -0.1) is 10.2 Å². The van der Waals surface area contributed by atoms with Gasteiger partial charge in [0.25, 0.3) is 5.89 Å². The fraction of sp³-hybridized carbons (Fsp3) is 0.188. The molecule has 3 rings (SSSR count). The number of rotatable bonds is 6. The maximum Gasteiger partial charge on any atom is 0.306 e. The summed E-state index contributed by atoms with van der Waals surface area (Å²) in [5.74, 6) is 0.387. The van der Waals surface area contributed by atoms with Gasteiger partial charge in [-0.1, -0.05) is 12.1 Å². The minimum absolute atomic E-state index is 0.0140. The van der Waals surface area contributed by atoms with E-state index in [1.807, 2.05) is 41.1 Å². The van der Waals surface area contributed by atoms with Gasteiger partial charge in [-0.2, -0.15) is 11.3 Å². The molecule has 3 aromatic rings. The number of thiophene rings is 1. The first-order chi connectivity index (χ1) is 11.2. The average Bonchev–Trinajstić information content (AvgIpc) is 3.23. The normalized spacial score (nSPS) is 10.7. The van der Waals surface area contributed by atoms with Crippen molar-refractivity contribution in [2.75, 3.05) is 0 Å². The summed E-state index contributed by atoms with van der Waals surface area (Å²) in [5.41, 5.74) is 1.94. The molecule has 0 saturated heterocycles. The molecule has 0 N–H and O–H groups in total. The number of aryl methyl sites for hydroxylation is 1. The maximum absolute atomic E-state index is 11.7. The summed E-state index contributed by atoms with van der Waals surface area (Å²) in [6.45, 7) is -0.0140. The van der Waals surface area contributed by atoms with E-state index < -0.39 is 0 Å². The van der Waals surface area contributed by atoms with E-state index in [0.717, 1.165) is 15.6 Å². The largest absolute Gasteiger partial charge is 0.456 e. The standard InChI is InChI=1S/C16H13BrN2O3S/c17-13-4-2-1-3-12(13)16-19-18-14(22-16)9-21-15(20)6-5-11-7-8-23-10-11/h1-4,7-8,10H,5-6,9H2. The van der Waals surface area contributed by atoms with Crippen molar-refractivity contribution < 1.29 is 13.9 Å². The molecule has 5 nitrogen and oxygen atoms in total. The smallest absolute Gasteiger partial charge is 0.306 e. The summed E-state index contributed by atoms with van der Waals surface area (Å²) in [5, 5.41) is 11.9. The molecule has 0 fully saturated rings. The maximum atomic E-state index is 11.7. The van der Waals surface area contributed by atoms with Crippen LogP contribution in [0.4, 0.5) is 0 Å². The number of nitrogens with zero attached hydrogens (tertiary/aromatic N) is 2. The number of carbonyl (C=O) groups excluding carboxylic acids is 1. The van der Waals surface area contributed by atoms with Gasteiger partial charge in [0.2, 0.25) is 5.89 Å². The van der Waals surface area contributed by atoms with Crippen LogP contribution in [0.15, 0.2) is 50.0 Å². The Morgan fingerprint density at radius 2 is 2.13 bits per heavy atom. The van der Waals surface area contributed by atoms with E-state index in [1.54, 1.807) is 11.3 Å². The van der Waals surface area contributed by atoms with Crippen LogP contribution in [0.25, 0.3) is 11.5 Å². The number of esters is 1. The quantitative estimate of drug-likeness (QED) is 0.587. The highest BCUT2D eigenvalue weighted by Gasteiger charge is 2.13. The summed E-state index contributed by atoms with van der Waals surface area (Å²) < 4.78 is 11.5. The lowest BCUT2D eigenvalue weighted by Gasteiger charge is -2.01. The molecule has 0 amide bonds. The lowest BCUT2D eigenvalue weighted by atomic mass is 10.2. The predicted octanol–water partition coefficient (Wildman–Crippen LogP) is 4.24. The summed E-state index contributed by atoms with van der Waals surface area (Å²) >= 11 is 5.05. The molecule has 0 aliphatic heterocycles. The third-order valence-corrected chi connectivity index (χ3v) is 4.55. The van der Waals surface area contributed by atoms with Gasteiger partial charge in [-0.05, 0) is 56.9 Å². The predicted molar refractivity (Wildman–Crippen MR) is 89.9 cm³/mol.